The van der Waals surface area contributed by atoms with Gasteiger partial charge < -0.3 is 10.1 Å². The van der Waals surface area contributed by atoms with Gasteiger partial charge in [-0.1, -0.05) is 17.8 Å². The lowest BCUT2D eigenvalue weighted by Gasteiger charge is -2.05. The Morgan fingerprint density at radius 2 is 1.96 bits per heavy atom. The van der Waals surface area contributed by atoms with Crippen molar-refractivity contribution >= 4 is 35.0 Å². The van der Waals surface area contributed by atoms with Crippen molar-refractivity contribution in [1.29, 1.82) is 0 Å². The standard InChI is InChI=1S/C16H14N4O3S/c1-23-15(22)11-5-7-12(8-6-11)17-14(21)10-24-16-19-18-13-4-2-3-9-20(13)16/h2-9H,10H2,1H3,(H,17,21). The van der Waals surface area contributed by atoms with E-state index in [4.69, 9.17) is 0 Å². The molecule has 0 atom stereocenters. The molecule has 3 rings (SSSR count). The van der Waals surface area contributed by atoms with Crippen molar-refractivity contribution in [2.75, 3.05) is 18.2 Å². The molecule has 0 spiro atoms. The summed E-state index contributed by atoms with van der Waals surface area (Å²) >= 11 is 1.30. The number of fused-ring (bicyclic) bond motifs is 1. The fourth-order valence-electron chi connectivity index (χ4n) is 2.05. The molecular formula is C16H14N4O3S. The number of methoxy groups -OCH3 is 1. The van der Waals surface area contributed by atoms with Gasteiger partial charge in [0, 0.05) is 11.9 Å². The first-order valence-electron chi connectivity index (χ1n) is 7.08. The molecule has 7 nitrogen and oxygen atoms in total. The van der Waals surface area contributed by atoms with Gasteiger partial charge in [-0.15, -0.1) is 10.2 Å². The topological polar surface area (TPSA) is 85.6 Å². The van der Waals surface area contributed by atoms with Crippen LogP contribution in [0.1, 0.15) is 10.4 Å². The molecule has 2 aromatic heterocycles. The summed E-state index contributed by atoms with van der Waals surface area (Å²) in [6.07, 6.45) is 1.85. The molecule has 0 aliphatic carbocycles. The van der Waals surface area contributed by atoms with Crippen molar-refractivity contribution in [2.45, 2.75) is 5.16 Å². The number of nitrogens with zero attached hydrogens (tertiary/aromatic N) is 3. The zero-order valence-electron chi connectivity index (χ0n) is 12.8. The van der Waals surface area contributed by atoms with Gasteiger partial charge in [0.2, 0.25) is 5.91 Å². The minimum atomic E-state index is -0.415. The number of anilines is 1. The lowest BCUT2D eigenvalue weighted by molar-refractivity contribution is -0.113. The molecule has 0 radical (unpaired) electrons. The zero-order valence-corrected chi connectivity index (χ0v) is 13.6. The summed E-state index contributed by atoms with van der Waals surface area (Å²) in [6.45, 7) is 0. The third-order valence-electron chi connectivity index (χ3n) is 3.20. The van der Waals surface area contributed by atoms with E-state index in [1.807, 2.05) is 28.8 Å². The summed E-state index contributed by atoms with van der Waals surface area (Å²) in [5.41, 5.74) is 1.78. The van der Waals surface area contributed by atoms with Gasteiger partial charge in [-0.2, -0.15) is 0 Å². The van der Waals surface area contributed by atoms with Crippen LogP contribution >= 0.6 is 11.8 Å². The Labute approximate surface area is 142 Å². The van der Waals surface area contributed by atoms with E-state index in [1.165, 1.54) is 18.9 Å². The van der Waals surface area contributed by atoms with Crippen LogP contribution in [0.15, 0.2) is 53.8 Å². The van der Waals surface area contributed by atoms with Crippen LogP contribution in [0, 0.1) is 0 Å². The molecule has 0 bridgehead atoms. The van der Waals surface area contributed by atoms with Crippen molar-refractivity contribution < 1.29 is 14.3 Å². The normalized spacial score (nSPS) is 10.5. The van der Waals surface area contributed by atoms with Crippen LogP contribution in [0.2, 0.25) is 0 Å². The Bertz CT molecular complexity index is 876. The second-order valence-corrected chi connectivity index (χ2v) is 5.76. The van der Waals surface area contributed by atoms with Crippen molar-refractivity contribution in [3.8, 4) is 0 Å². The predicted molar refractivity (Wildman–Crippen MR) is 90.1 cm³/mol. The predicted octanol–water partition coefficient (Wildman–Crippen LogP) is 2.25. The second-order valence-electron chi connectivity index (χ2n) is 4.82. The summed E-state index contributed by atoms with van der Waals surface area (Å²) in [5, 5.41) is 11.5. The number of hydrogen-bond acceptors (Lipinski definition) is 6. The molecule has 0 fully saturated rings. The molecule has 1 amide bonds. The molecule has 1 N–H and O–H groups in total. The molecular weight excluding hydrogens is 328 g/mol. The first-order valence-corrected chi connectivity index (χ1v) is 8.07. The van der Waals surface area contributed by atoms with Gasteiger partial charge in [0.1, 0.15) is 0 Å². The number of thioether (sulfide) groups is 1. The first-order chi connectivity index (χ1) is 11.7. The minimum absolute atomic E-state index is 0.168. The van der Waals surface area contributed by atoms with Gasteiger partial charge in [0.05, 0.1) is 18.4 Å². The van der Waals surface area contributed by atoms with E-state index in [2.05, 4.69) is 20.3 Å². The van der Waals surface area contributed by atoms with Gasteiger partial charge in [0.15, 0.2) is 10.8 Å². The highest BCUT2D eigenvalue weighted by molar-refractivity contribution is 7.99. The Morgan fingerprint density at radius 3 is 2.71 bits per heavy atom. The highest BCUT2D eigenvalue weighted by Crippen LogP contribution is 2.17. The minimum Gasteiger partial charge on any atom is -0.465 e. The van der Waals surface area contributed by atoms with Crippen LogP contribution in [-0.2, 0) is 9.53 Å². The quantitative estimate of drug-likeness (QED) is 0.565. The summed E-state index contributed by atoms with van der Waals surface area (Å²) in [6, 6.07) is 12.1. The van der Waals surface area contributed by atoms with E-state index in [-0.39, 0.29) is 11.7 Å². The van der Waals surface area contributed by atoms with Crippen molar-refractivity contribution in [3.05, 3.63) is 54.2 Å². The maximum atomic E-state index is 12.0. The number of carbonyl (C=O) groups excluding carboxylic acids is 2. The maximum absolute atomic E-state index is 12.0. The zero-order chi connectivity index (χ0) is 16.9. The fourth-order valence-corrected chi connectivity index (χ4v) is 2.78. The molecule has 0 aliphatic rings. The average molecular weight is 342 g/mol. The number of rotatable bonds is 5. The van der Waals surface area contributed by atoms with Crippen molar-refractivity contribution in [1.82, 2.24) is 14.6 Å². The Kier molecular flexibility index (Phi) is 4.76. The third-order valence-corrected chi connectivity index (χ3v) is 4.15. The number of ether oxygens (including phenoxy) is 1. The summed E-state index contributed by atoms with van der Waals surface area (Å²) in [5.74, 6) is -0.380. The largest absolute Gasteiger partial charge is 0.465 e. The van der Waals surface area contributed by atoms with E-state index in [0.29, 0.717) is 16.4 Å². The second kappa shape index (κ2) is 7.14. The highest BCUT2D eigenvalue weighted by atomic mass is 32.2. The van der Waals surface area contributed by atoms with E-state index in [0.717, 1.165) is 5.65 Å². The van der Waals surface area contributed by atoms with Gasteiger partial charge >= 0.3 is 5.97 Å². The number of esters is 1. The van der Waals surface area contributed by atoms with Crippen molar-refractivity contribution in [3.63, 3.8) is 0 Å². The molecule has 3 aromatic rings. The molecule has 8 heteroatoms. The molecule has 0 unspecified atom stereocenters. The molecule has 1 aromatic carbocycles. The van der Waals surface area contributed by atoms with Crippen LogP contribution in [0.5, 0.6) is 0 Å². The number of benzene rings is 1. The number of amides is 1. The van der Waals surface area contributed by atoms with E-state index in [9.17, 15) is 9.59 Å². The summed E-state index contributed by atoms with van der Waals surface area (Å²) in [4.78, 5) is 23.4. The van der Waals surface area contributed by atoms with Gasteiger partial charge in [-0.3, -0.25) is 9.20 Å². The van der Waals surface area contributed by atoms with Crippen LogP contribution in [0.4, 0.5) is 5.69 Å². The number of nitrogens with one attached hydrogen (secondary N) is 1. The maximum Gasteiger partial charge on any atom is 0.337 e. The van der Waals surface area contributed by atoms with Crippen molar-refractivity contribution in [2.24, 2.45) is 0 Å². The highest BCUT2D eigenvalue weighted by Gasteiger charge is 2.10. The lowest BCUT2D eigenvalue weighted by Crippen LogP contribution is -2.14. The Morgan fingerprint density at radius 1 is 1.17 bits per heavy atom. The molecule has 122 valence electrons. The SMILES string of the molecule is COC(=O)c1ccc(NC(=O)CSc2nnc3ccccn23)cc1. The third kappa shape index (κ3) is 3.54. The van der Waals surface area contributed by atoms with E-state index >= 15 is 0 Å². The average Bonchev–Trinajstić information content (AvgIpc) is 3.03. The van der Waals surface area contributed by atoms with Crippen LogP contribution in [-0.4, -0.2) is 39.3 Å². The lowest BCUT2D eigenvalue weighted by atomic mass is 10.2. The Hall–Kier alpha value is -2.87. The number of hydrogen-bond donors (Lipinski definition) is 1. The number of pyridine rings is 1. The van der Waals surface area contributed by atoms with Gasteiger partial charge in [-0.25, -0.2) is 4.79 Å². The van der Waals surface area contributed by atoms with Crippen LogP contribution in [0.25, 0.3) is 5.65 Å². The summed E-state index contributed by atoms with van der Waals surface area (Å²) < 4.78 is 6.45. The van der Waals surface area contributed by atoms with E-state index in [1.54, 1.807) is 24.3 Å². The van der Waals surface area contributed by atoms with Crippen LogP contribution < -0.4 is 5.32 Å². The smallest absolute Gasteiger partial charge is 0.337 e. The summed E-state index contributed by atoms with van der Waals surface area (Å²) in [7, 11) is 1.32. The molecule has 2 heterocycles. The number of aromatic nitrogens is 3. The molecule has 0 aliphatic heterocycles. The fraction of sp³-hybridized carbons (Fsp3) is 0.125. The molecule has 0 saturated heterocycles. The monoisotopic (exact) mass is 342 g/mol. The van der Waals surface area contributed by atoms with Crippen LogP contribution in [0.3, 0.4) is 0 Å². The van der Waals surface area contributed by atoms with Gasteiger partial charge in [-0.05, 0) is 36.4 Å². The van der Waals surface area contributed by atoms with E-state index < -0.39 is 5.97 Å². The molecule has 0 saturated carbocycles. The first kappa shape index (κ1) is 16.0. The Balaban J connectivity index is 1.58. The number of carbonyl (C=O) groups is 2. The molecule has 24 heavy (non-hydrogen) atoms. The van der Waals surface area contributed by atoms with Gasteiger partial charge in [0.25, 0.3) is 0 Å².